The molecule has 0 amide bonds. The zero-order valence-electron chi connectivity index (χ0n) is 17.7. The van der Waals surface area contributed by atoms with Gasteiger partial charge in [-0.15, -0.1) is 0 Å². The molecule has 1 aliphatic heterocycles. The summed E-state index contributed by atoms with van der Waals surface area (Å²) in [5, 5.41) is 4.13. The van der Waals surface area contributed by atoms with Gasteiger partial charge in [-0.1, -0.05) is 25.9 Å². The van der Waals surface area contributed by atoms with Crippen LogP contribution in [0.3, 0.4) is 0 Å². The Kier molecular flexibility index (Phi) is 6.57. The topological polar surface area (TPSA) is 63.9 Å². The third-order valence-electron chi connectivity index (χ3n) is 5.11. The van der Waals surface area contributed by atoms with Crippen molar-refractivity contribution in [2.75, 3.05) is 46.9 Å². The van der Waals surface area contributed by atoms with Crippen molar-refractivity contribution < 1.29 is 14.0 Å². The molecule has 1 aromatic carbocycles. The molecular weight excluding hydrogens is 356 g/mol. The summed E-state index contributed by atoms with van der Waals surface area (Å²) in [6.45, 7) is 13.0. The van der Waals surface area contributed by atoms with Crippen LogP contribution < -0.4 is 9.47 Å². The van der Waals surface area contributed by atoms with Crippen molar-refractivity contribution in [3.63, 3.8) is 0 Å². The maximum absolute atomic E-state index is 5.48. The van der Waals surface area contributed by atoms with Crippen LogP contribution in [0.15, 0.2) is 22.7 Å². The van der Waals surface area contributed by atoms with Gasteiger partial charge in [-0.2, -0.15) is 4.98 Å². The van der Waals surface area contributed by atoms with Crippen LogP contribution in [0.5, 0.6) is 11.5 Å². The molecule has 2 heterocycles. The number of benzene rings is 1. The second kappa shape index (κ2) is 8.92. The Balaban J connectivity index is 1.54. The predicted molar refractivity (Wildman–Crippen MR) is 109 cm³/mol. The highest BCUT2D eigenvalue weighted by molar-refractivity contribution is 5.60. The summed E-state index contributed by atoms with van der Waals surface area (Å²) in [6, 6.07) is 5.62. The molecule has 0 bridgehead atoms. The molecule has 2 aromatic rings. The Bertz CT molecular complexity index is 761. The van der Waals surface area contributed by atoms with E-state index in [1.165, 1.54) is 13.0 Å². The van der Waals surface area contributed by atoms with E-state index in [1.807, 2.05) is 18.2 Å². The number of piperazine rings is 1. The van der Waals surface area contributed by atoms with E-state index in [-0.39, 0.29) is 0 Å². The number of hydrogen-bond donors (Lipinski definition) is 0. The van der Waals surface area contributed by atoms with Gasteiger partial charge < -0.3 is 18.9 Å². The SMILES string of the molecule is COc1ccc(-c2noc(CN3CCN(CCC(C)(C)C)CC3)n2)cc1OC. The lowest BCUT2D eigenvalue weighted by Crippen LogP contribution is -2.46. The van der Waals surface area contributed by atoms with Gasteiger partial charge in [0, 0.05) is 31.7 Å². The van der Waals surface area contributed by atoms with Crippen molar-refractivity contribution in [1.82, 2.24) is 19.9 Å². The molecule has 7 nitrogen and oxygen atoms in total. The van der Waals surface area contributed by atoms with E-state index in [2.05, 4.69) is 40.7 Å². The molecule has 7 heteroatoms. The van der Waals surface area contributed by atoms with E-state index in [9.17, 15) is 0 Å². The van der Waals surface area contributed by atoms with E-state index in [0.29, 0.717) is 35.2 Å². The first-order valence-corrected chi connectivity index (χ1v) is 9.87. The summed E-state index contributed by atoms with van der Waals surface area (Å²) in [7, 11) is 3.23. The summed E-state index contributed by atoms with van der Waals surface area (Å²) < 4.78 is 16.1. The lowest BCUT2D eigenvalue weighted by atomic mass is 9.92. The third kappa shape index (κ3) is 5.45. The van der Waals surface area contributed by atoms with Gasteiger partial charge in [-0.05, 0) is 36.6 Å². The van der Waals surface area contributed by atoms with E-state index in [1.54, 1.807) is 14.2 Å². The first-order chi connectivity index (χ1) is 13.4. The van der Waals surface area contributed by atoms with Crippen molar-refractivity contribution >= 4 is 0 Å². The minimum Gasteiger partial charge on any atom is -0.493 e. The Hall–Kier alpha value is -2.12. The summed E-state index contributed by atoms with van der Waals surface area (Å²) in [5.41, 5.74) is 1.24. The third-order valence-corrected chi connectivity index (χ3v) is 5.11. The molecule has 1 aromatic heterocycles. The summed E-state index contributed by atoms with van der Waals surface area (Å²) in [5.74, 6) is 2.55. The number of ether oxygens (including phenoxy) is 2. The Labute approximate surface area is 167 Å². The highest BCUT2D eigenvalue weighted by atomic mass is 16.5. The van der Waals surface area contributed by atoms with Crippen LogP contribution in [-0.2, 0) is 6.54 Å². The van der Waals surface area contributed by atoms with Crippen LogP contribution in [0.4, 0.5) is 0 Å². The number of rotatable bonds is 7. The molecule has 0 unspecified atom stereocenters. The molecule has 28 heavy (non-hydrogen) atoms. The Morgan fingerprint density at radius 2 is 1.68 bits per heavy atom. The van der Waals surface area contributed by atoms with E-state index in [4.69, 9.17) is 14.0 Å². The van der Waals surface area contributed by atoms with Gasteiger partial charge in [0.25, 0.3) is 0 Å². The minimum atomic E-state index is 0.390. The van der Waals surface area contributed by atoms with Crippen molar-refractivity contribution in [2.24, 2.45) is 5.41 Å². The van der Waals surface area contributed by atoms with Crippen molar-refractivity contribution in [3.05, 3.63) is 24.1 Å². The fourth-order valence-corrected chi connectivity index (χ4v) is 3.27. The largest absolute Gasteiger partial charge is 0.493 e. The molecule has 154 valence electrons. The van der Waals surface area contributed by atoms with E-state index in [0.717, 1.165) is 31.7 Å². The van der Waals surface area contributed by atoms with Gasteiger partial charge in [-0.25, -0.2) is 0 Å². The van der Waals surface area contributed by atoms with Gasteiger partial charge in [0.15, 0.2) is 11.5 Å². The molecule has 1 aliphatic rings. The fraction of sp³-hybridized carbons (Fsp3) is 0.619. The zero-order chi connectivity index (χ0) is 20.1. The lowest BCUT2D eigenvalue weighted by Gasteiger charge is -2.35. The summed E-state index contributed by atoms with van der Waals surface area (Å²) in [6.07, 6.45) is 1.23. The predicted octanol–water partition coefficient (Wildman–Crippen LogP) is 3.31. The van der Waals surface area contributed by atoms with Crippen molar-refractivity contribution in [3.8, 4) is 22.9 Å². The highest BCUT2D eigenvalue weighted by Crippen LogP contribution is 2.31. The minimum absolute atomic E-state index is 0.390. The quantitative estimate of drug-likeness (QED) is 0.721. The maximum atomic E-state index is 5.48. The molecule has 1 saturated heterocycles. The highest BCUT2D eigenvalue weighted by Gasteiger charge is 2.21. The summed E-state index contributed by atoms with van der Waals surface area (Å²) in [4.78, 5) is 9.48. The molecule has 1 fully saturated rings. The number of aromatic nitrogens is 2. The molecule has 0 saturated carbocycles. The normalized spacial score (nSPS) is 16.3. The monoisotopic (exact) mass is 388 g/mol. The fourth-order valence-electron chi connectivity index (χ4n) is 3.27. The van der Waals surface area contributed by atoms with Crippen LogP contribution in [0.25, 0.3) is 11.4 Å². The van der Waals surface area contributed by atoms with Gasteiger partial charge in [0.1, 0.15) is 0 Å². The average Bonchev–Trinajstić information content (AvgIpc) is 3.14. The molecule has 0 spiro atoms. The number of hydrogen-bond acceptors (Lipinski definition) is 7. The average molecular weight is 389 g/mol. The van der Waals surface area contributed by atoms with Crippen LogP contribution in [0.2, 0.25) is 0 Å². The molecular formula is C21H32N4O3. The van der Waals surface area contributed by atoms with Crippen molar-refractivity contribution in [2.45, 2.75) is 33.7 Å². The molecule has 0 atom stereocenters. The van der Waals surface area contributed by atoms with Crippen LogP contribution in [0.1, 0.15) is 33.1 Å². The first kappa shape index (κ1) is 20.6. The first-order valence-electron chi connectivity index (χ1n) is 9.87. The van der Waals surface area contributed by atoms with Crippen LogP contribution in [0, 0.1) is 5.41 Å². The second-order valence-corrected chi connectivity index (χ2v) is 8.51. The molecule has 0 aliphatic carbocycles. The molecule has 0 radical (unpaired) electrons. The van der Waals surface area contributed by atoms with Gasteiger partial charge in [0.05, 0.1) is 20.8 Å². The number of nitrogens with zero attached hydrogens (tertiary/aromatic N) is 4. The number of methoxy groups -OCH3 is 2. The Morgan fingerprint density at radius 1 is 1.00 bits per heavy atom. The van der Waals surface area contributed by atoms with E-state index < -0.39 is 0 Å². The van der Waals surface area contributed by atoms with Crippen LogP contribution >= 0.6 is 0 Å². The summed E-state index contributed by atoms with van der Waals surface area (Å²) >= 11 is 0. The van der Waals surface area contributed by atoms with Gasteiger partial charge in [-0.3, -0.25) is 4.90 Å². The van der Waals surface area contributed by atoms with Crippen LogP contribution in [-0.4, -0.2) is 66.9 Å². The van der Waals surface area contributed by atoms with Gasteiger partial charge >= 0.3 is 0 Å². The van der Waals surface area contributed by atoms with E-state index >= 15 is 0 Å². The Morgan fingerprint density at radius 3 is 2.32 bits per heavy atom. The smallest absolute Gasteiger partial charge is 0.241 e. The maximum Gasteiger partial charge on any atom is 0.241 e. The van der Waals surface area contributed by atoms with Gasteiger partial charge in [0.2, 0.25) is 11.7 Å². The lowest BCUT2D eigenvalue weighted by molar-refractivity contribution is 0.108. The molecule has 3 rings (SSSR count). The van der Waals surface area contributed by atoms with Crippen molar-refractivity contribution in [1.29, 1.82) is 0 Å². The molecule has 0 N–H and O–H groups in total. The zero-order valence-corrected chi connectivity index (χ0v) is 17.7. The standard InChI is InChI=1S/C21H32N4O3/c1-21(2,3)8-9-24-10-12-25(13-11-24)15-19-22-20(23-28-19)16-6-7-17(26-4)18(14-16)27-5/h6-7,14H,8-13,15H2,1-5H3. The second-order valence-electron chi connectivity index (χ2n) is 8.51.